The molecule has 1 spiro atoms. The molecule has 8 nitrogen and oxygen atoms in total. The number of carbonyl (C=O) groups is 1. The standard InChI is InChI=1S/C19H23ClN4O4S2/c1-18(11-30(26,27)19(17(21)24-18)5-3-2-4-6-19)15-13(20)7-14(29-15)16(25)22-8-12-9-23-28-10-12/h7,9-10H,2-6,8,11H2,1H3,(H2,21,24)(H,22,25). The van der Waals surface area contributed by atoms with E-state index in [1.165, 1.54) is 12.5 Å². The van der Waals surface area contributed by atoms with Crippen molar-refractivity contribution in [3.8, 4) is 0 Å². The van der Waals surface area contributed by atoms with Crippen LogP contribution < -0.4 is 11.1 Å². The number of thiophene rings is 1. The number of sulfone groups is 1. The summed E-state index contributed by atoms with van der Waals surface area (Å²) in [6.07, 6.45) is 6.63. The van der Waals surface area contributed by atoms with Crippen molar-refractivity contribution < 1.29 is 17.7 Å². The lowest BCUT2D eigenvalue weighted by Crippen LogP contribution is -2.58. The van der Waals surface area contributed by atoms with E-state index >= 15 is 0 Å². The highest BCUT2D eigenvalue weighted by molar-refractivity contribution is 7.93. The van der Waals surface area contributed by atoms with E-state index in [9.17, 15) is 13.2 Å². The normalized spacial score (nSPS) is 25.1. The molecule has 1 saturated carbocycles. The number of hydrogen-bond donors (Lipinski definition) is 2. The molecule has 1 unspecified atom stereocenters. The van der Waals surface area contributed by atoms with Crippen molar-refractivity contribution in [1.29, 1.82) is 0 Å². The molecule has 1 aliphatic heterocycles. The van der Waals surface area contributed by atoms with Gasteiger partial charge in [0.2, 0.25) is 0 Å². The fourth-order valence-electron chi connectivity index (χ4n) is 4.31. The van der Waals surface area contributed by atoms with Crippen molar-refractivity contribution in [1.82, 2.24) is 10.5 Å². The summed E-state index contributed by atoms with van der Waals surface area (Å²) < 4.78 is 30.4. The Kier molecular flexibility index (Phi) is 5.44. The molecule has 3 N–H and O–H groups in total. The van der Waals surface area contributed by atoms with E-state index in [4.69, 9.17) is 21.9 Å². The maximum atomic E-state index is 13.4. The Hall–Kier alpha value is -1.91. The molecule has 1 amide bonds. The number of rotatable bonds is 4. The number of aromatic nitrogens is 1. The summed E-state index contributed by atoms with van der Waals surface area (Å²) in [5, 5.41) is 6.66. The number of aliphatic imine (C=N–C) groups is 1. The minimum atomic E-state index is -3.54. The highest BCUT2D eigenvalue weighted by Gasteiger charge is 2.55. The molecule has 30 heavy (non-hydrogen) atoms. The summed E-state index contributed by atoms with van der Waals surface area (Å²) in [6.45, 7) is 1.97. The third kappa shape index (κ3) is 3.54. The van der Waals surface area contributed by atoms with Gasteiger partial charge in [-0.3, -0.25) is 9.79 Å². The van der Waals surface area contributed by atoms with Crippen LogP contribution in [0.5, 0.6) is 0 Å². The topological polar surface area (TPSA) is 128 Å². The molecule has 3 heterocycles. The first-order valence-corrected chi connectivity index (χ1v) is 12.6. The zero-order chi connectivity index (χ0) is 21.6. The molecular formula is C19H23ClN4O4S2. The Morgan fingerprint density at radius 3 is 2.73 bits per heavy atom. The molecule has 0 aromatic carbocycles. The van der Waals surface area contributed by atoms with Crippen LogP contribution in [-0.4, -0.2) is 35.8 Å². The zero-order valence-corrected chi connectivity index (χ0v) is 18.9. The van der Waals surface area contributed by atoms with Crippen LogP contribution >= 0.6 is 22.9 Å². The molecule has 162 valence electrons. The molecule has 2 aliphatic rings. The quantitative estimate of drug-likeness (QED) is 0.706. The number of carbonyl (C=O) groups excluding carboxylic acids is 1. The minimum Gasteiger partial charge on any atom is -0.386 e. The second-order valence-electron chi connectivity index (χ2n) is 8.09. The predicted molar refractivity (Wildman–Crippen MR) is 116 cm³/mol. The van der Waals surface area contributed by atoms with Gasteiger partial charge in [0, 0.05) is 12.1 Å². The molecule has 2 aromatic heterocycles. The molecule has 0 saturated heterocycles. The van der Waals surface area contributed by atoms with Gasteiger partial charge < -0.3 is 15.6 Å². The Morgan fingerprint density at radius 2 is 2.10 bits per heavy atom. The summed E-state index contributed by atoms with van der Waals surface area (Å²) in [7, 11) is -3.54. The molecule has 1 fully saturated rings. The van der Waals surface area contributed by atoms with Gasteiger partial charge in [0.1, 0.15) is 22.4 Å². The van der Waals surface area contributed by atoms with Crippen molar-refractivity contribution in [3.63, 3.8) is 0 Å². The Morgan fingerprint density at radius 1 is 1.37 bits per heavy atom. The van der Waals surface area contributed by atoms with Crippen LogP contribution in [0.3, 0.4) is 0 Å². The summed E-state index contributed by atoms with van der Waals surface area (Å²) in [6, 6.07) is 1.54. The van der Waals surface area contributed by atoms with E-state index in [0.29, 0.717) is 27.6 Å². The minimum absolute atomic E-state index is 0.166. The predicted octanol–water partition coefficient (Wildman–Crippen LogP) is 3.02. The maximum absolute atomic E-state index is 13.4. The van der Waals surface area contributed by atoms with Gasteiger partial charge in [0.25, 0.3) is 5.91 Å². The monoisotopic (exact) mass is 470 g/mol. The SMILES string of the molecule is CC1(c2sc(C(=O)NCc3cnoc3)cc2Cl)CS(=O)(=O)C2(CCCCC2)C(N)=N1. The van der Waals surface area contributed by atoms with Crippen molar-refractivity contribution in [2.24, 2.45) is 10.7 Å². The Balaban J connectivity index is 1.63. The molecule has 11 heteroatoms. The number of amidine groups is 1. The van der Waals surface area contributed by atoms with Crippen LogP contribution in [0.1, 0.15) is 59.1 Å². The molecule has 1 aliphatic carbocycles. The van der Waals surface area contributed by atoms with E-state index in [1.807, 2.05) is 0 Å². The molecular weight excluding hydrogens is 448 g/mol. The number of nitrogens with one attached hydrogen (secondary N) is 1. The lowest BCUT2D eigenvalue weighted by molar-refractivity contribution is 0.0955. The van der Waals surface area contributed by atoms with E-state index < -0.39 is 20.1 Å². The summed E-state index contributed by atoms with van der Waals surface area (Å²) in [5.74, 6) is -0.334. The third-order valence-electron chi connectivity index (χ3n) is 5.90. The van der Waals surface area contributed by atoms with Crippen LogP contribution in [0.15, 0.2) is 28.0 Å². The summed E-state index contributed by atoms with van der Waals surface area (Å²) in [5.41, 5.74) is 5.89. The maximum Gasteiger partial charge on any atom is 0.261 e. The number of nitrogens with zero attached hydrogens (tertiary/aromatic N) is 2. The van der Waals surface area contributed by atoms with Gasteiger partial charge in [-0.1, -0.05) is 36.0 Å². The average molecular weight is 471 g/mol. The van der Waals surface area contributed by atoms with Gasteiger partial charge in [0.05, 0.1) is 26.7 Å². The summed E-state index contributed by atoms with van der Waals surface area (Å²) in [4.78, 5) is 18.1. The van der Waals surface area contributed by atoms with Crippen LogP contribution in [-0.2, 0) is 21.9 Å². The third-order valence-corrected chi connectivity index (χ3v) is 10.4. The largest absolute Gasteiger partial charge is 0.386 e. The van der Waals surface area contributed by atoms with E-state index in [-0.39, 0.29) is 24.0 Å². The Bertz CT molecular complexity index is 1090. The number of amides is 1. The van der Waals surface area contributed by atoms with Crippen LogP contribution in [0, 0.1) is 0 Å². The van der Waals surface area contributed by atoms with Gasteiger partial charge in [-0.15, -0.1) is 11.3 Å². The lowest BCUT2D eigenvalue weighted by atomic mass is 9.86. The second kappa shape index (κ2) is 7.65. The van der Waals surface area contributed by atoms with Gasteiger partial charge in [0.15, 0.2) is 9.84 Å². The van der Waals surface area contributed by atoms with Gasteiger partial charge in [-0.2, -0.15) is 0 Å². The van der Waals surface area contributed by atoms with Gasteiger partial charge in [-0.05, 0) is 25.8 Å². The highest BCUT2D eigenvalue weighted by Crippen LogP contribution is 2.47. The second-order valence-corrected chi connectivity index (χ2v) is 11.8. The first-order valence-electron chi connectivity index (χ1n) is 9.71. The van der Waals surface area contributed by atoms with E-state index in [0.717, 1.165) is 36.2 Å². The molecule has 0 bridgehead atoms. The van der Waals surface area contributed by atoms with Crippen LogP contribution in [0.2, 0.25) is 5.02 Å². The zero-order valence-electron chi connectivity index (χ0n) is 16.5. The molecule has 1 atom stereocenters. The van der Waals surface area contributed by atoms with E-state index in [2.05, 4.69) is 15.5 Å². The fraction of sp³-hybridized carbons (Fsp3) is 0.526. The lowest BCUT2D eigenvalue weighted by Gasteiger charge is -2.43. The number of nitrogens with two attached hydrogens (primary N) is 1. The Labute approximate surface area is 183 Å². The molecule has 4 rings (SSSR count). The van der Waals surface area contributed by atoms with Crippen molar-refractivity contribution in [2.75, 3.05) is 5.75 Å². The number of halogens is 1. The van der Waals surface area contributed by atoms with Crippen LogP contribution in [0.25, 0.3) is 0 Å². The van der Waals surface area contributed by atoms with Crippen molar-refractivity contribution >= 4 is 44.5 Å². The van der Waals surface area contributed by atoms with Crippen LogP contribution in [0.4, 0.5) is 0 Å². The number of hydrogen-bond acceptors (Lipinski definition) is 8. The first-order chi connectivity index (χ1) is 14.2. The van der Waals surface area contributed by atoms with E-state index in [1.54, 1.807) is 13.0 Å². The first kappa shape index (κ1) is 21.3. The van der Waals surface area contributed by atoms with Gasteiger partial charge in [-0.25, -0.2) is 8.42 Å². The van der Waals surface area contributed by atoms with Gasteiger partial charge >= 0.3 is 0 Å². The van der Waals surface area contributed by atoms with Crippen molar-refractivity contribution in [3.05, 3.63) is 38.9 Å². The highest BCUT2D eigenvalue weighted by atomic mass is 35.5. The smallest absolute Gasteiger partial charge is 0.261 e. The fourth-order valence-corrected chi connectivity index (χ4v) is 8.45. The summed E-state index contributed by atoms with van der Waals surface area (Å²) >= 11 is 7.57. The van der Waals surface area contributed by atoms with Crippen molar-refractivity contribution in [2.45, 2.75) is 55.9 Å². The molecule has 0 radical (unpaired) electrons. The average Bonchev–Trinajstić information content (AvgIpc) is 3.35. The molecule has 2 aromatic rings.